The third kappa shape index (κ3) is 5.81. The summed E-state index contributed by atoms with van der Waals surface area (Å²) in [6, 6.07) is 14.5. The van der Waals surface area contributed by atoms with E-state index in [-0.39, 0.29) is 12.5 Å². The summed E-state index contributed by atoms with van der Waals surface area (Å²) < 4.78 is 6.14. The zero-order valence-corrected chi connectivity index (χ0v) is 20.9. The number of carbonyl (C=O) groups excluding carboxylic acids is 1. The van der Waals surface area contributed by atoms with Crippen LogP contribution in [0.3, 0.4) is 0 Å². The number of hydrogen-bond donors (Lipinski definition) is 2. The van der Waals surface area contributed by atoms with E-state index >= 15 is 0 Å². The lowest BCUT2D eigenvalue weighted by Gasteiger charge is -2.26. The quantitative estimate of drug-likeness (QED) is 0.601. The van der Waals surface area contributed by atoms with Crippen molar-refractivity contribution in [2.75, 3.05) is 26.8 Å². The fourth-order valence-electron chi connectivity index (χ4n) is 5.62. The van der Waals surface area contributed by atoms with Crippen molar-refractivity contribution in [3.63, 3.8) is 0 Å². The molecule has 0 saturated heterocycles. The van der Waals surface area contributed by atoms with Crippen molar-refractivity contribution in [3.05, 3.63) is 64.7 Å². The third-order valence-corrected chi connectivity index (χ3v) is 7.54. The molecule has 0 aromatic heterocycles. The first-order chi connectivity index (χ1) is 16.3. The second-order valence-corrected chi connectivity index (χ2v) is 11.0. The fourth-order valence-corrected chi connectivity index (χ4v) is 5.62. The molecule has 1 unspecified atom stereocenters. The number of aliphatic hydroxyl groups is 1. The number of carbonyl (C=O) groups is 1. The van der Waals surface area contributed by atoms with Gasteiger partial charge < -0.3 is 20.5 Å². The summed E-state index contributed by atoms with van der Waals surface area (Å²) in [5.41, 5.74) is 10.8. The third-order valence-electron chi connectivity index (χ3n) is 7.54. The first-order valence-electron chi connectivity index (χ1n) is 12.8. The number of benzene rings is 2. The minimum atomic E-state index is -0.408. The molecule has 3 atom stereocenters. The van der Waals surface area contributed by atoms with E-state index in [0.29, 0.717) is 29.9 Å². The average molecular weight is 465 g/mol. The Hall–Kier alpha value is -2.37. The van der Waals surface area contributed by atoms with E-state index in [4.69, 9.17) is 10.5 Å². The predicted molar refractivity (Wildman–Crippen MR) is 136 cm³/mol. The van der Waals surface area contributed by atoms with E-state index in [9.17, 15) is 9.90 Å². The van der Waals surface area contributed by atoms with E-state index in [0.717, 1.165) is 50.8 Å². The van der Waals surface area contributed by atoms with Crippen LogP contribution in [0, 0.1) is 11.8 Å². The number of ether oxygens (including phenoxy) is 1. The van der Waals surface area contributed by atoms with Crippen molar-refractivity contribution in [1.82, 2.24) is 4.90 Å². The number of nitrogens with two attached hydrogens (primary N) is 1. The van der Waals surface area contributed by atoms with Crippen LogP contribution < -0.4 is 10.5 Å². The molecule has 0 radical (unpaired) electrons. The molecule has 0 heterocycles. The molecule has 1 fully saturated rings. The molecule has 1 amide bonds. The molecule has 2 aliphatic rings. The minimum Gasteiger partial charge on any atom is -0.493 e. The van der Waals surface area contributed by atoms with Crippen LogP contribution in [0.2, 0.25) is 0 Å². The average Bonchev–Trinajstić information content (AvgIpc) is 3.24. The Morgan fingerprint density at radius 3 is 2.76 bits per heavy atom. The van der Waals surface area contributed by atoms with Crippen molar-refractivity contribution in [1.29, 1.82) is 0 Å². The van der Waals surface area contributed by atoms with E-state index in [1.807, 2.05) is 31.3 Å². The summed E-state index contributed by atoms with van der Waals surface area (Å²) in [5.74, 6) is 2.17. The molecule has 0 spiro atoms. The number of fused-ring (bicyclic) bond motifs is 1. The first-order valence-corrected chi connectivity index (χ1v) is 12.8. The van der Waals surface area contributed by atoms with Gasteiger partial charge in [0.25, 0.3) is 5.91 Å². The second kappa shape index (κ2) is 10.5. The number of nitrogens with zero attached hydrogens (tertiary/aromatic N) is 1. The van der Waals surface area contributed by atoms with Crippen LogP contribution >= 0.6 is 0 Å². The van der Waals surface area contributed by atoms with Crippen LogP contribution in [0.25, 0.3) is 0 Å². The second-order valence-electron chi connectivity index (χ2n) is 11.0. The van der Waals surface area contributed by atoms with Gasteiger partial charge in [0.1, 0.15) is 5.75 Å². The van der Waals surface area contributed by atoms with Crippen LogP contribution in [-0.2, 0) is 12.8 Å². The standard InChI is InChI=1S/C29H40N2O3/c1-20(2)17-31(3)28(33)25-5-4-6-27(15-25)34-18-21-7-8-23-14-24(10-9-22(23)13-21)26-11-12-29(30,16-26)19-32/h4-6,9-10,14-15,20-21,26,32H,7-8,11-13,16-19,30H2,1-3H3/t21?,26-,29+/m0/s1. The van der Waals surface area contributed by atoms with Crippen LogP contribution in [0.15, 0.2) is 42.5 Å². The van der Waals surface area contributed by atoms with Gasteiger partial charge in [-0.25, -0.2) is 0 Å². The summed E-state index contributed by atoms with van der Waals surface area (Å²) in [4.78, 5) is 14.5. The Bertz CT molecular complexity index is 1000. The molecule has 0 aliphatic heterocycles. The van der Waals surface area contributed by atoms with Crippen LogP contribution in [-0.4, -0.2) is 48.3 Å². The highest BCUT2D eigenvalue weighted by Gasteiger charge is 2.36. The zero-order valence-electron chi connectivity index (χ0n) is 20.9. The van der Waals surface area contributed by atoms with Gasteiger partial charge in [0, 0.05) is 24.7 Å². The van der Waals surface area contributed by atoms with Crippen molar-refractivity contribution in [3.8, 4) is 5.75 Å². The van der Waals surface area contributed by atoms with Gasteiger partial charge in [0.2, 0.25) is 0 Å². The van der Waals surface area contributed by atoms with E-state index in [2.05, 4.69) is 32.0 Å². The molecule has 1 saturated carbocycles. The zero-order chi connectivity index (χ0) is 24.3. The van der Waals surface area contributed by atoms with Crippen LogP contribution in [0.1, 0.15) is 72.5 Å². The molecule has 34 heavy (non-hydrogen) atoms. The first kappa shape index (κ1) is 24.7. The van der Waals surface area contributed by atoms with Crippen molar-refractivity contribution in [2.24, 2.45) is 17.6 Å². The van der Waals surface area contributed by atoms with Gasteiger partial charge in [-0.05, 0) is 91.2 Å². The fraction of sp³-hybridized carbons (Fsp3) is 0.552. The molecule has 2 aromatic carbocycles. The van der Waals surface area contributed by atoms with Gasteiger partial charge in [-0.15, -0.1) is 0 Å². The van der Waals surface area contributed by atoms with E-state index in [1.165, 1.54) is 16.7 Å². The lowest BCUT2D eigenvalue weighted by Crippen LogP contribution is -2.40. The molecule has 5 heteroatoms. The Balaban J connectivity index is 1.33. The molecule has 3 N–H and O–H groups in total. The normalized spacial score (nSPS) is 24.2. The number of rotatable bonds is 8. The summed E-state index contributed by atoms with van der Waals surface area (Å²) in [6.07, 6.45) is 6.01. The maximum absolute atomic E-state index is 12.7. The highest BCUT2D eigenvalue weighted by atomic mass is 16.5. The molecule has 0 bridgehead atoms. The highest BCUT2D eigenvalue weighted by molar-refractivity contribution is 5.94. The maximum atomic E-state index is 12.7. The topological polar surface area (TPSA) is 75.8 Å². The summed E-state index contributed by atoms with van der Waals surface area (Å²) in [5, 5.41) is 9.59. The minimum absolute atomic E-state index is 0.0367. The molecule has 2 aromatic rings. The van der Waals surface area contributed by atoms with Gasteiger partial charge in [0.15, 0.2) is 0 Å². The van der Waals surface area contributed by atoms with Gasteiger partial charge in [-0.2, -0.15) is 0 Å². The van der Waals surface area contributed by atoms with Gasteiger partial charge >= 0.3 is 0 Å². The Morgan fingerprint density at radius 1 is 1.21 bits per heavy atom. The van der Waals surface area contributed by atoms with Crippen molar-refractivity contribution < 1.29 is 14.6 Å². The van der Waals surface area contributed by atoms with Crippen molar-refractivity contribution in [2.45, 2.75) is 63.8 Å². The maximum Gasteiger partial charge on any atom is 0.253 e. The monoisotopic (exact) mass is 464 g/mol. The van der Waals surface area contributed by atoms with Crippen molar-refractivity contribution >= 4 is 5.91 Å². The molecular weight excluding hydrogens is 424 g/mol. The SMILES string of the molecule is CC(C)CN(C)C(=O)c1cccc(OCC2CCc3cc([C@H]4CC[C@](N)(CO)C4)ccc3C2)c1. The van der Waals surface area contributed by atoms with Crippen LogP contribution in [0.5, 0.6) is 5.75 Å². The van der Waals surface area contributed by atoms with E-state index in [1.54, 1.807) is 4.90 Å². The summed E-state index contributed by atoms with van der Waals surface area (Å²) in [6.45, 7) is 5.70. The number of amides is 1. The number of hydrogen-bond acceptors (Lipinski definition) is 4. The number of aliphatic hydroxyl groups excluding tert-OH is 1. The molecular formula is C29H40N2O3. The lowest BCUT2D eigenvalue weighted by molar-refractivity contribution is 0.0778. The summed E-state index contributed by atoms with van der Waals surface area (Å²) >= 11 is 0. The van der Waals surface area contributed by atoms with Gasteiger partial charge in [-0.1, -0.05) is 38.1 Å². The molecule has 2 aliphatic carbocycles. The van der Waals surface area contributed by atoms with Gasteiger partial charge in [-0.3, -0.25) is 4.79 Å². The Labute approximate surface area is 204 Å². The Kier molecular flexibility index (Phi) is 7.63. The lowest BCUT2D eigenvalue weighted by atomic mass is 9.82. The highest BCUT2D eigenvalue weighted by Crippen LogP contribution is 2.40. The van der Waals surface area contributed by atoms with Crippen LogP contribution in [0.4, 0.5) is 0 Å². The molecule has 4 rings (SSSR count). The summed E-state index contributed by atoms with van der Waals surface area (Å²) in [7, 11) is 1.85. The largest absolute Gasteiger partial charge is 0.493 e. The smallest absolute Gasteiger partial charge is 0.253 e. The predicted octanol–water partition coefficient (Wildman–Crippen LogP) is 4.56. The Morgan fingerprint density at radius 2 is 2.03 bits per heavy atom. The van der Waals surface area contributed by atoms with E-state index < -0.39 is 5.54 Å². The molecule has 184 valence electrons. The molecule has 5 nitrogen and oxygen atoms in total. The van der Waals surface area contributed by atoms with Gasteiger partial charge in [0.05, 0.1) is 13.2 Å². The number of aryl methyl sites for hydroxylation is 1.